The van der Waals surface area contributed by atoms with E-state index in [4.69, 9.17) is 10.5 Å². The van der Waals surface area contributed by atoms with E-state index in [1.165, 1.54) is 6.54 Å². The minimum Gasteiger partial charge on any atom is -0.378 e. The van der Waals surface area contributed by atoms with Crippen molar-refractivity contribution in [3.05, 3.63) is 0 Å². The molecule has 2 fully saturated rings. The zero-order valence-corrected chi connectivity index (χ0v) is 8.28. The first-order chi connectivity index (χ1) is 6.31. The molecule has 1 unspecified atom stereocenters. The van der Waals surface area contributed by atoms with E-state index in [0.29, 0.717) is 12.1 Å². The number of likely N-dealkylation sites (N-methyl/N-ethyl adjacent to an activating group) is 1. The number of nitrogens with zero attached hydrogens (tertiary/aromatic N) is 2. The van der Waals surface area contributed by atoms with Gasteiger partial charge in [-0.3, -0.25) is 9.80 Å². The summed E-state index contributed by atoms with van der Waals surface area (Å²) in [4.78, 5) is 4.87. The van der Waals surface area contributed by atoms with Crippen molar-refractivity contribution in [3.63, 3.8) is 0 Å². The van der Waals surface area contributed by atoms with Crippen LogP contribution in [0.1, 0.15) is 0 Å². The topological polar surface area (TPSA) is 41.7 Å². The molecule has 2 aliphatic heterocycles. The second kappa shape index (κ2) is 3.92. The SMILES string of the molecule is CN1CCN(C2COC2)CC1CN. The van der Waals surface area contributed by atoms with Crippen molar-refractivity contribution >= 4 is 0 Å². The van der Waals surface area contributed by atoms with Crippen molar-refractivity contribution in [3.8, 4) is 0 Å². The predicted octanol–water partition coefficient (Wildman–Crippen LogP) is -1.04. The summed E-state index contributed by atoms with van der Waals surface area (Å²) < 4.78 is 5.20. The molecule has 2 aliphatic rings. The van der Waals surface area contributed by atoms with E-state index in [1.807, 2.05) is 0 Å². The van der Waals surface area contributed by atoms with Crippen LogP contribution < -0.4 is 5.73 Å². The summed E-state index contributed by atoms with van der Waals surface area (Å²) in [5, 5.41) is 0. The molecule has 0 bridgehead atoms. The van der Waals surface area contributed by atoms with Crippen LogP contribution in [-0.4, -0.2) is 68.3 Å². The molecule has 2 heterocycles. The monoisotopic (exact) mass is 185 g/mol. The molecule has 13 heavy (non-hydrogen) atoms. The molecule has 0 aromatic heterocycles. The lowest BCUT2D eigenvalue weighted by Crippen LogP contribution is -2.60. The molecule has 4 heteroatoms. The fourth-order valence-corrected chi connectivity index (χ4v) is 1.99. The van der Waals surface area contributed by atoms with Gasteiger partial charge in [0.15, 0.2) is 0 Å². The van der Waals surface area contributed by atoms with Crippen LogP contribution in [0.25, 0.3) is 0 Å². The molecular weight excluding hydrogens is 166 g/mol. The Hall–Kier alpha value is -0.160. The largest absolute Gasteiger partial charge is 0.378 e. The van der Waals surface area contributed by atoms with Crippen LogP contribution in [0, 0.1) is 0 Å². The van der Waals surface area contributed by atoms with Crippen molar-refractivity contribution in [2.75, 3.05) is 46.4 Å². The van der Waals surface area contributed by atoms with Crippen molar-refractivity contribution in [2.45, 2.75) is 12.1 Å². The molecule has 1 atom stereocenters. The van der Waals surface area contributed by atoms with Crippen LogP contribution in [0.2, 0.25) is 0 Å². The smallest absolute Gasteiger partial charge is 0.0645 e. The van der Waals surface area contributed by atoms with Crippen LogP contribution in [0.3, 0.4) is 0 Å². The van der Waals surface area contributed by atoms with Gasteiger partial charge in [0.25, 0.3) is 0 Å². The Morgan fingerprint density at radius 2 is 2.15 bits per heavy atom. The fourth-order valence-electron chi connectivity index (χ4n) is 1.99. The van der Waals surface area contributed by atoms with Gasteiger partial charge in [-0.15, -0.1) is 0 Å². The molecule has 0 spiro atoms. The maximum atomic E-state index is 5.72. The minimum absolute atomic E-state index is 0.536. The van der Waals surface area contributed by atoms with Gasteiger partial charge in [0.1, 0.15) is 0 Å². The van der Waals surface area contributed by atoms with Crippen LogP contribution in [0.5, 0.6) is 0 Å². The maximum absolute atomic E-state index is 5.72. The van der Waals surface area contributed by atoms with E-state index < -0.39 is 0 Å². The third kappa shape index (κ3) is 1.86. The molecule has 2 rings (SSSR count). The first kappa shape index (κ1) is 9.40. The molecule has 0 aromatic rings. The van der Waals surface area contributed by atoms with Crippen molar-refractivity contribution in [1.82, 2.24) is 9.80 Å². The van der Waals surface area contributed by atoms with E-state index in [2.05, 4.69) is 16.8 Å². The normalized spacial score (nSPS) is 33.2. The number of piperazine rings is 1. The van der Waals surface area contributed by atoms with Gasteiger partial charge >= 0.3 is 0 Å². The number of hydrogen-bond acceptors (Lipinski definition) is 4. The van der Waals surface area contributed by atoms with E-state index in [-0.39, 0.29) is 0 Å². The first-order valence-corrected chi connectivity index (χ1v) is 5.03. The van der Waals surface area contributed by atoms with Crippen molar-refractivity contribution in [2.24, 2.45) is 5.73 Å². The highest BCUT2D eigenvalue weighted by Gasteiger charge is 2.31. The Labute approximate surface area is 79.6 Å². The van der Waals surface area contributed by atoms with Crippen molar-refractivity contribution < 1.29 is 4.74 Å². The Balaban J connectivity index is 1.86. The second-order valence-electron chi connectivity index (χ2n) is 4.06. The summed E-state index contributed by atoms with van der Waals surface area (Å²) >= 11 is 0. The Bertz CT molecular complexity index is 172. The molecule has 0 saturated carbocycles. The van der Waals surface area contributed by atoms with Gasteiger partial charge in [-0.1, -0.05) is 0 Å². The lowest BCUT2D eigenvalue weighted by atomic mass is 10.1. The van der Waals surface area contributed by atoms with Gasteiger partial charge in [-0.25, -0.2) is 0 Å². The summed E-state index contributed by atoms with van der Waals surface area (Å²) in [5.41, 5.74) is 5.72. The molecule has 2 N–H and O–H groups in total. The highest BCUT2D eigenvalue weighted by Crippen LogP contribution is 2.15. The molecular formula is C9H19N3O. The van der Waals surface area contributed by atoms with E-state index in [0.717, 1.165) is 32.8 Å². The fraction of sp³-hybridized carbons (Fsp3) is 1.00. The Kier molecular flexibility index (Phi) is 2.83. The molecule has 4 nitrogen and oxygen atoms in total. The predicted molar refractivity (Wildman–Crippen MR) is 51.7 cm³/mol. The van der Waals surface area contributed by atoms with Crippen molar-refractivity contribution in [1.29, 1.82) is 0 Å². The quantitative estimate of drug-likeness (QED) is 0.597. The first-order valence-electron chi connectivity index (χ1n) is 5.03. The standard InChI is InChI=1S/C9H19N3O/c1-11-2-3-12(5-8(11)4-10)9-6-13-7-9/h8-9H,2-7,10H2,1H3. The summed E-state index contributed by atoms with van der Waals surface area (Å²) in [7, 11) is 2.16. The average molecular weight is 185 g/mol. The van der Waals surface area contributed by atoms with E-state index >= 15 is 0 Å². The Morgan fingerprint density at radius 3 is 2.69 bits per heavy atom. The Morgan fingerprint density at radius 1 is 1.38 bits per heavy atom. The number of nitrogens with two attached hydrogens (primary N) is 1. The summed E-state index contributed by atoms with van der Waals surface area (Å²) in [6.07, 6.45) is 0. The van der Waals surface area contributed by atoms with Gasteiger partial charge in [-0.2, -0.15) is 0 Å². The molecule has 2 saturated heterocycles. The van der Waals surface area contributed by atoms with Crippen LogP contribution in [-0.2, 0) is 4.74 Å². The highest BCUT2D eigenvalue weighted by atomic mass is 16.5. The zero-order chi connectivity index (χ0) is 9.26. The third-order valence-electron chi connectivity index (χ3n) is 3.22. The van der Waals surface area contributed by atoms with E-state index in [9.17, 15) is 0 Å². The summed E-state index contributed by atoms with van der Waals surface area (Å²) in [6, 6.07) is 1.21. The third-order valence-corrected chi connectivity index (χ3v) is 3.22. The highest BCUT2D eigenvalue weighted by molar-refractivity contribution is 4.86. The maximum Gasteiger partial charge on any atom is 0.0645 e. The lowest BCUT2D eigenvalue weighted by molar-refractivity contribution is -0.0829. The van der Waals surface area contributed by atoms with Crippen LogP contribution >= 0.6 is 0 Å². The number of hydrogen-bond donors (Lipinski definition) is 1. The summed E-state index contributed by atoms with van der Waals surface area (Å²) in [6.45, 7) is 6.02. The molecule has 0 amide bonds. The van der Waals surface area contributed by atoms with Crippen LogP contribution in [0.4, 0.5) is 0 Å². The van der Waals surface area contributed by atoms with Gasteiger partial charge < -0.3 is 10.5 Å². The average Bonchev–Trinajstić information content (AvgIpc) is 2.05. The van der Waals surface area contributed by atoms with Gasteiger partial charge in [0.2, 0.25) is 0 Å². The second-order valence-corrected chi connectivity index (χ2v) is 4.06. The van der Waals surface area contributed by atoms with Gasteiger partial charge in [-0.05, 0) is 7.05 Å². The molecule has 76 valence electrons. The van der Waals surface area contributed by atoms with Gasteiger partial charge in [0, 0.05) is 32.2 Å². The van der Waals surface area contributed by atoms with E-state index in [1.54, 1.807) is 0 Å². The minimum atomic E-state index is 0.536. The summed E-state index contributed by atoms with van der Waals surface area (Å²) in [5.74, 6) is 0. The zero-order valence-electron chi connectivity index (χ0n) is 8.28. The lowest BCUT2D eigenvalue weighted by Gasteiger charge is -2.45. The van der Waals surface area contributed by atoms with Crippen LogP contribution in [0.15, 0.2) is 0 Å². The number of ether oxygens (including phenoxy) is 1. The van der Waals surface area contributed by atoms with Gasteiger partial charge in [0.05, 0.1) is 19.3 Å². The number of rotatable bonds is 2. The molecule has 0 aliphatic carbocycles. The molecule has 0 radical (unpaired) electrons. The molecule has 0 aromatic carbocycles.